The number of hydrogen-bond donors (Lipinski definition) is 1. The number of nitrogens with one attached hydrogen (secondary N) is 1. The van der Waals surface area contributed by atoms with E-state index in [0.29, 0.717) is 34.4 Å². The Balaban J connectivity index is 1.63. The lowest BCUT2D eigenvalue weighted by Crippen LogP contribution is -2.46. The molecule has 30 heavy (non-hydrogen) atoms. The first-order valence-electron chi connectivity index (χ1n) is 9.54. The van der Waals surface area contributed by atoms with Crippen LogP contribution in [-0.4, -0.2) is 17.4 Å². The number of nitriles is 2. The zero-order chi connectivity index (χ0) is 21.3. The van der Waals surface area contributed by atoms with Crippen LogP contribution >= 0.6 is 11.8 Å². The molecule has 1 N–H and O–H groups in total. The average Bonchev–Trinajstić information content (AvgIpc) is 3.21. The number of Topliss-reactive ketones (excluding diaryl/α,β-unsaturated/α-hetero) is 1. The predicted octanol–water partition coefficient (Wildman–Crippen LogP) is 3.27. The van der Waals surface area contributed by atoms with E-state index in [2.05, 4.69) is 17.5 Å². The summed E-state index contributed by atoms with van der Waals surface area (Å²) >= 11 is 1.01. The van der Waals surface area contributed by atoms with Crippen molar-refractivity contribution in [1.82, 2.24) is 5.32 Å². The quantitative estimate of drug-likeness (QED) is 0.596. The Morgan fingerprint density at radius 3 is 2.67 bits per heavy atom. The fourth-order valence-corrected chi connectivity index (χ4v) is 5.33. The minimum Gasteiger partial charge on any atom is -0.422 e. The number of fused-ring (bicyclic) bond motifs is 1. The average molecular weight is 419 g/mol. The minimum absolute atomic E-state index is 0.0760. The number of carbonyl (C=O) groups is 2. The lowest BCUT2D eigenvalue weighted by Gasteiger charge is -2.37. The summed E-state index contributed by atoms with van der Waals surface area (Å²) in [7, 11) is 0. The van der Waals surface area contributed by atoms with Crippen LogP contribution in [0, 0.1) is 34.0 Å². The molecule has 1 unspecified atom stereocenters. The number of carbonyl (C=O) groups excluding carboxylic acids is 2. The number of nitrogens with zero attached hydrogens (tertiary/aromatic N) is 2. The van der Waals surface area contributed by atoms with Gasteiger partial charge in [-0.2, -0.15) is 10.5 Å². The monoisotopic (exact) mass is 419 g/mol. The maximum Gasteiger partial charge on any atom is 0.347 e. The van der Waals surface area contributed by atoms with E-state index in [-0.39, 0.29) is 11.3 Å². The molecule has 1 atom stereocenters. The normalized spacial score (nSPS) is 20.1. The van der Waals surface area contributed by atoms with Gasteiger partial charge in [0.15, 0.2) is 5.78 Å². The largest absolute Gasteiger partial charge is 0.422 e. The number of ketones is 1. The molecule has 1 spiro atoms. The van der Waals surface area contributed by atoms with Crippen LogP contribution in [0.15, 0.2) is 50.1 Å². The fraction of sp³-hybridized carbons (Fsp3) is 0.318. The Bertz CT molecular complexity index is 1230. The Labute approximate surface area is 176 Å². The van der Waals surface area contributed by atoms with E-state index >= 15 is 0 Å². The fourth-order valence-electron chi connectivity index (χ4n) is 4.34. The van der Waals surface area contributed by atoms with Crippen LogP contribution in [0.3, 0.4) is 0 Å². The van der Waals surface area contributed by atoms with Gasteiger partial charge in [0.05, 0.1) is 28.5 Å². The van der Waals surface area contributed by atoms with E-state index < -0.39 is 28.6 Å². The van der Waals surface area contributed by atoms with Crippen molar-refractivity contribution in [3.8, 4) is 12.1 Å². The van der Waals surface area contributed by atoms with Gasteiger partial charge in [0, 0.05) is 10.8 Å². The van der Waals surface area contributed by atoms with Gasteiger partial charge in [0.25, 0.3) is 0 Å². The molecular weight excluding hydrogens is 402 g/mol. The van der Waals surface area contributed by atoms with Crippen molar-refractivity contribution in [3.05, 3.63) is 56.9 Å². The summed E-state index contributed by atoms with van der Waals surface area (Å²) in [5.74, 6) is -1.96. The Kier molecular flexibility index (Phi) is 5.19. The first-order valence-corrected chi connectivity index (χ1v) is 10.5. The molecule has 0 radical (unpaired) electrons. The van der Waals surface area contributed by atoms with E-state index in [1.807, 2.05) is 0 Å². The molecule has 4 rings (SSSR count). The zero-order valence-electron chi connectivity index (χ0n) is 15.9. The van der Waals surface area contributed by atoms with Crippen LogP contribution in [-0.2, 0) is 4.79 Å². The summed E-state index contributed by atoms with van der Waals surface area (Å²) in [5.41, 5.74) is -0.841. The van der Waals surface area contributed by atoms with E-state index in [1.54, 1.807) is 24.3 Å². The van der Waals surface area contributed by atoms with Crippen LogP contribution in [0.1, 0.15) is 36.0 Å². The maximum atomic E-state index is 12.7. The topological polar surface area (TPSA) is 124 Å². The summed E-state index contributed by atoms with van der Waals surface area (Å²) in [6.45, 7) is 0. The standard InChI is InChI=1S/C22H17N3O4S/c23-10-15-19(27)25-20(16(11-24)22(15)7-3-4-8-22)30-12-17(26)14-9-13-5-1-2-6-18(13)29-21(14)28/h1-2,5-6,9,15H,3-4,7-8,12H2,(H,25,27). The summed E-state index contributed by atoms with van der Waals surface area (Å²) < 4.78 is 5.21. The molecule has 0 saturated heterocycles. The van der Waals surface area contributed by atoms with Gasteiger partial charge < -0.3 is 9.73 Å². The first kappa shape index (κ1) is 19.9. The van der Waals surface area contributed by atoms with Crippen LogP contribution in [0.4, 0.5) is 0 Å². The van der Waals surface area contributed by atoms with Crippen molar-refractivity contribution in [1.29, 1.82) is 10.5 Å². The van der Waals surface area contributed by atoms with Gasteiger partial charge in [0.2, 0.25) is 5.91 Å². The summed E-state index contributed by atoms with van der Waals surface area (Å²) in [6.07, 6.45) is 2.86. The molecule has 1 aromatic carbocycles. The molecule has 1 aliphatic heterocycles. The van der Waals surface area contributed by atoms with Gasteiger partial charge in [-0.05, 0) is 25.0 Å². The summed E-state index contributed by atoms with van der Waals surface area (Å²) in [6, 6.07) is 12.6. The van der Waals surface area contributed by atoms with Gasteiger partial charge in [-0.15, -0.1) is 0 Å². The molecule has 1 saturated carbocycles. The molecule has 0 bridgehead atoms. The number of amides is 1. The minimum atomic E-state index is -0.915. The van der Waals surface area contributed by atoms with Crippen LogP contribution in [0.2, 0.25) is 0 Å². The number of hydrogen-bond acceptors (Lipinski definition) is 7. The Morgan fingerprint density at radius 2 is 1.97 bits per heavy atom. The molecule has 2 aliphatic rings. The lowest BCUT2D eigenvalue weighted by molar-refractivity contribution is -0.126. The Hall–Kier alpha value is -3.36. The molecule has 1 fully saturated rings. The highest BCUT2D eigenvalue weighted by molar-refractivity contribution is 8.03. The molecule has 1 aromatic heterocycles. The second-order valence-electron chi connectivity index (χ2n) is 7.43. The Morgan fingerprint density at radius 1 is 1.23 bits per heavy atom. The maximum absolute atomic E-state index is 12.7. The van der Waals surface area contributed by atoms with E-state index in [0.717, 1.165) is 24.6 Å². The van der Waals surface area contributed by atoms with Crippen molar-refractivity contribution in [2.45, 2.75) is 25.7 Å². The molecule has 2 aromatic rings. The second-order valence-corrected chi connectivity index (χ2v) is 8.41. The third-order valence-electron chi connectivity index (χ3n) is 5.80. The van der Waals surface area contributed by atoms with Crippen LogP contribution in [0.5, 0.6) is 0 Å². The molecular formula is C22H17N3O4S. The van der Waals surface area contributed by atoms with Crippen molar-refractivity contribution in [2.24, 2.45) is 11.3 Å². The number of rotatable bonds is 4. The van der Waals surface area contributed by atoms with Gasteiger partial charge in [-0.25, -0.2) is 4.79 Å². The molecule has 150 valence electrons. The van der Waals surface area contributed by atoms with Gasteiger partial charge in [-0.3, -0.25) is 9.59 Å². The molecule has 1 aliphatic carbocycles. The zero-order valence-corrected chi connectivity index (χ0v) is 16.8. The van der Waals surface area contributed by atoms with Crippen molar-refractivity contribution < 1.29 is 14.0 Å². The first-order chi connectivity index (χ1) is 14.5. The number of allylic oxidation sites excluding steroid dienone is 1. The van der Waals surface area contributed by atoms with Gasteiger partial charge >= 0.3 is 5.63 Å². The summed E-state index contributed by atoms with van der Waals surface area (Å²) in [5, 5.41) is 22.9. The van der Waals surface area contributed by atoms with Crippen LogP contribution in [0.25, 0.3) is 11.0 Å². The number of thioether (sulfide) groups is 1. The van der Waals surface area contributed by atoms with E-state index in [9.17, 15) is 24.9 Å². The molecule has 8 heteroatoms. The molecule has 1 amide bonds. The van der Waals surface area contributed by atoms with Crippen molar-refractivity contribution in [3.63, 3.8) is 0 Å². The van der Waals surface area contributed by atoms with Gasteiger partial charge in [-0.1, -0.05) is 42.8 Å². The highest BCUT2D eigenvalue weighted by atomic mass is 32.2. The third-order valence-corrected chi connectivity index (χ3v) is 6.80. The van der Waals surface area contributed by atoms with Gasteiger partial charge in [0.1, 0.15) is 17.1 Å². The lowest BCUT2D eigenvalue weighted by atomic mass is 9.67. The molecule has 2 heterocycles. The van der Waals surface area contributed by atoms with Crippen molar-refractivity contribution in [2.75, 3.05) is 5.75 Å². The number of para-hydroxylation sites is 1. The highest BCUT2D eigenvalue weighted by Crippen LogP contribution is 2.53. The van der Waals surface area contributed by atoms with Crippen molar-refractivity contribution >= 4 is 34.4 Å². The number of benzene rings is 1. The summed E-state index contributed by atoms with van der Waals surface area (Å²) in [4.78, 5) is 37.5. The third kappa shape index (κ3) is 3.20. The predicted molar refractivity (Wildman–Crippen MR) is 110 cm³/mol. The van der Waals surface area contributed by atoms with E-state index in [4.69, 9.17) is 4.42 Å². The SMILES string of the molecule is N#CC1=C(SCC(=O)c2cc3ccccc3oc2=O)NC(=O)C(C#N)C12CCCC2. The molecule has 7 nitrogen and oxygen atoms in total. The van der Waals surface area contributed by atoms with E-state index in [1.165, 1.54) is 6.07 Å². The second kappa shape index (κ2) is 7.81. The highest BCUT2D eigenvalue weighted by Gasteiger charge is 2.52. The van der Waals surface area contributed by atoms with Crippen LogP contribution < -0.4 is 10.9 Å². The smallest absolute Gasteiger partial charge is 0.347 e.